The zero-order valence-corrected chi connectivity index (χ0v) is 14.2. The average molecular weight is 360 g/mol. The summed E-state index contributed by atoms with van der Waals surface area (Å²) in [6.07, 6.45) is 1.97. The number of rotatable bonds is 3. The fourth-order valence-corrected chi connectivity index (χ4v) is 3.04. The van der Waals surface area contributed by atoms with Crippen molar-refractivity contribution in [3.05, 3.63) is 82.2 Å². The minimum absolute atomic E-state index is 0.0361. The maximum atomic E-state index is 10.9. The molecule has 0 amide bonds. The summed E-state index contributed by atoms with van der Waals surface area (Å²) >= 11 is 0. The molecule has 0 fully saturated rings. The summed E-state index contributed by atoms with van der Waals surface area (Å²) in [6, 6.07) is 16.2. The van der Waals surface area contributed by atoms with Gasteiger partial charge in [0.1, 0.15) is 12.0 Å². The number of nitrogens with one attached hydrogen (secondary N) is 1. The van der Waals surface area contributed by atoms with Crippen LogP contribution in [0, 0.1) is 10.1 Å². The Balaban J connectivity index is 1.80. The highest BCUT2D eigenvalue weighted by atomic mass is 16.6. The first-order valence-corrected chi connectivity index (χ1v) is 8.36. The summed E-state index contributed by atoms with van der Waals surface area (Å²) in [7, 11) is 0. The molecular weight excluding hydrogens is 344 g/mol. The van der Waals surface area contributed by atoms with Gasteiger partial charge in [-0.15, -0.1) is 0 Å². The molecule has 8 heteroatoms. The standard InChI is InChI=1S/C19H16N6O2/c20-18-17-19(22-11-21-18)24-16(12-4-2-1-3-5-12)10-15(23-17)13-6-8-14(9-7-13)25(26)27/h1-9,11,16H,10H2,(H3,20,21,22,24). The number of non-ortho nitro benzene ring substituents is 1. The number of hydrogen-bond donors (Lipinski definition) is 2. The number of nitrogens with two attached hydrogens (primary N) is 1. The van der Waals surface area contributed by atoms with E-state index in [2.05, 4.69) is 15.3 Å². The largest absolute Gasteiger partial charge is 0.382 e. The Morgan fingerprint density at radius 1 is 1.07 bits per heavy atom. The number of anilines is 2. The molecule has 134 valence electrons. The average Bonchev–Trinajstić information content (AvgIpc) is 2.90. The highest BCUT2D eigenvalue weighted by molar-refractivity contribution is 6.04. The molecule has 0 saturated carbocycles. The molecule has 8 nitrogen and oxygen atoms in total. The number of benzene rings is 2. The van der Waals surface area contributed by atoms with Crippen LogP contribution < -0.4 is 11.1 Å². The van der Waals surface area contributed by atoms with Gasteiger partial charge in [0.15, 0.2) is 11.6 Å². The summed E-state index contributed by atoms with van der Waals surface area (Å²) in [6.45, 7) is 0. The van der Waals surface area contributed by atoms with Crippen molar-refractivity contribution in [1.82, 2.24) is 9.97 Å². The lowest BCUT2D eigenvalue weighted by Crippen LogP contribution is -2.15. The van der Waals surface area contributed by atoms with Crippen LogP contribution in [0.2, 0.25) is 0 Å². The van der Waals surface area contributed by atoms with Gasteiger partial charge in [-0.1, -0.05) is 30.3 Å². The monoisotopic (exact) mass is 360 g/mol. The van der Waals surface area contributed by atoms with E-state index in [0.717, 1.165) is 16.8 Å². The van der Waals surface area contributed by atoms with E-state index in [-0.39, 0.29) is 17.5 Å². The van der Waals surface area contributed by atoms with Crippen LogP contribution in [-0.4, -0.2) is 20.6 Å². The molecule has 2 heterocycles. The molecule has 0 aliphatic carbocycles. The zero-order chi connectivity index (χ0) is 18.8. The van der Waals surface area contributed by atoms with Crippen molar-refractivity contribution in [2.24, 2.45) is 4.99 Å². The molecule has 0 radical (unpaired) electrons. The van der Waals surface area contributed by atoms with Crippen molar-refractivity contribution < 1.29 is 4.92 Å². The normalized spacial score (nSPS) is 15.9. The van der Waals surface area contributed by atoms with Gasteiger partial charge in [0, 0.05) is 18.6 Å². The molecule has 3 N–H and O–H groups in total. The fraction of sp³-hybridized carbons (Fsp3) is 0.105. The maximum Gasteiger partial charge on any atom is 0.269 e. The first kappa shape index (κ1) is 16.6. The second-order valence-corrected chi connectivity index (χ2v) is 6.13. The Kier molecular flexibility index (Phi) is 4.21. The topological polar surface area (TPSA) is 119 Å². The lowest BCUT2D eigenvalue weighted by Gasteiger charge is -2.18. The second-order valence-electron chi connectivity index (χ2n) is 6.13. The summed E-state index contributed by atoms with van der Waals surface area (Å²) < 4.78 is 0. The number of aliphatic imine (C=N–C) groups is 1. The highest BCUT2D eigenvalue weighted by Crippen LogP contribution is 2.36. The van der Waals surface area contributed by atoms with E-state index >= 15 is 0 Å². The zero-order valence-electron chi connectivity index (χ0n) is 14.2. The third-order valence-corrected chi connectivity index (χ3v) is 4.42. The van der Waals surface area contributed by atoms with Crippen molar-refractivity contribution in [2.45, 2.75) is 12.5 Å². The van der Waals surface area contributed by atoms with E-state index in [1.54, 1.807) is 12.1 Å². The molecule has 27 heavy (non-hydrogen) atoms. The number of hydrogen-bond acceptors (Lipinski definition) is 7. The molecule has 2 aromatic carbocycles. The van der Waals surface area contributed by atoms with Crippen LogP contribution in [0.5, 0.6) is 0 Å². The van der Waals surface area contributed by atoms with Gasteiger partial charge in [0.2, 0.25) is 0 Å². The number of nitrogens with zero attached hydrogens (tertiary/aromatic N) is 4. The van der Waals surface area contributed by atoms with Crippen molar-refractivity contribution >= 4 is 28.7 Å². The lowest BCUT2D eigenvalue weighted by molar-refractivity contribution is -0.384. The Labute approximate surface area is 155 Å². The Morgan fingerprint density at radius 3 is 2.52 bits per heavy atom. The van der Waals surface area contributed by atoms with Crippen molar-refractivity contribution in [3.8, 4) is 0 Å². The number of aromatic nitrogens is 2. The SMILES string of the molecule is Nc1ncnc2c1N=C(c1ccc([N+](=O)[O-])cc1)CC(c1ccccc1)N2. The first-order chi connectivity index (χ1) is 13.1. The molecule has 0 bridgehead atoms. The Morgan fingerprint density at radius 2 is 1.81 bits per heavy atom. The van der Waals surface area contributed by atoms with Gasteiger partial charge < -0.3 is 11.1 Å². The smallest absolute Gasteiger partial charge is 0.269 e. The molecule has 1 aliphatic heterocycles. The van der Waals surface area contributed by atoms with Crippen molar-refractivity contribution in [2.75, 3.05) is 11.1 Å². The molecule has 0 spiro atoms. The quantitative estimate of drug-likeness (QED) is 0.543. The third kappa shape index (κ3) is 3.32. The van der Waals surface area contributed by atoms with Crippen LogP contribution in [0.15, 0.2) is 65.9 Å². The van der Waals surface area contributed by atoms with Gasteiger partial charge in [-0.2, -0.15) is 0 Å². The summed E-state index contributed by atoms with van der Waals surface area (Å²) in [5.74, 6) is 0.842. The highest BCUT2D eigenvalue weighted by Gasteiger charge is 2.23. The third-order valence-electron chi connectivity index (χ3n) is 4.42. The molecule has 3 aromatic rings. The van der Waals surface area contributed by atoms with Crippen molar-refractivity contribution in [1.29, 1.82) is 0 Å². The molecule has 1 unspecified atom stereocenters. The number of nitro groups is 1. The summed E-state index contributed by atoms with van der Waals surface area (Å²) in [5, 5.41) is 14.3. The molecule has 4 rings (SSSR count). The molecular formula is C19H16N6O2. The van der Waals surface area contributed by atoms with Crippen LogP contribution in [-0.2, 0) is 0 Å². The second kappa shape index (κ2) is 6.83. The van der Waals surface area contributed by atoms with Gasteiger partial charge >= 0.3 is 0 Å². The van der Waals surface area contributed by atoms with Crippen molar-refractivity contribution in [3.63, 3.8) is 0 Å². The van der Waals surface area contributed by atoms with Crippen LogP contribution in [0.4, 0.5) is 23.0 Å². The number of fused-ring (bicyclic) bond motifs is 1. The molecule has 1 aliphatic rings. The van der Waals surface area contributed by atoms with E-state index in [1.807, 2.05) is 30.3 Å². The molecule has 1 atom stereocenters. The summed E-state index contributed by atoms with van der Waals surface area (Å²) in [4.78, 5) is 23.5. The van der Waals surface area contributed by atoms with Crippen LogP contribution >= 0.6 is 0 Å². The van der Waals surface area contributed by atoms with Gasteiger partial charge in [0.05, 0.1) is 16.7 Å². The Hall–Kier alpha value is -3.81. The van der Waals surface area contributed by atoms with E-state index in [9.17, 15) is 10.1 Å². The van der Waals surface area contributed by atoms with E-state index in [4.69, 9.17) is 10.7 Å². The van der Waals surface area contributed by atoms with Crippen LogP contribution in [0.25, 0.3) is 0 Å². The van der Waals surface area contributed by atoms with Gasteiger partial charge in [-0.05, 0) is 23.3 Å². The predicted octanol–water partition coefficient (Wildman–Crippen LogP) is 3.64. The van der Waals surface area contributed by atoms with Gasteiger partial charge in [-0.25, -0.2) is 15.0 Å². The number of nitro benzene ring substituents is 1. The first-order valence-electron chi connectivity index (χ1n) is 8.36. The van der Waals surface area contributed by atoms with Gasteiger partial charge in [0.25, 0.3) is 5.69 Å². The lowest BCUT2D eigenvalue weighted by atomic mass is 9.97. The van der Waals surface area contributed by atoms with E-state index in [1.165, 1.54) is 18.5 Å². The van der Waals surface area contributed by atoms with E-state index < -0.39 is 4.92 Å². The molecule has 1 aromatic heterocycles. The van der Waals surface area contributed by atoms with E-state index in [0.29, 0.717) is 17.9 Å². The van der Waals surface area contributed by atoms with Crippen LogP contribution in [0.3, 0.4) is 0 Å². The van der Waals surface area contributed by atoms with Crippen LogP contribution in [0.1, 0.15) is 23.6 Å². The minimum atomic E-state index is -0.422. The summed E-state index contributed by atoms with van der Waals surface area (Å²) in [5.41, 5.74) is 9.15. The fourth-order valence-electron chi connectivity index (χ4n) is 3.04. The number of nitrogen functional groups attached to an aromatic ring is 1. The molecule has 0 saturated heterocycles. The van der Waals surface area contributed by atoms with Gasteiger partial charge in [-0.3, -0.25) is 10.1 Å². The predicted molar refractivity (Wildman–Crippen MR) is 103 cm³/mol. The maximum absolute atomic E-state index is 10.9. The Bertz CT molecular complexity index is 1020. The minimum Gasteiger partial charge on any atom is -0.382 e.